The molecule has 0 saturated carbocycles. The number of halogens is 3. The van der Waals surface area contributed by atoms with Crippen molar-refractivity contribution in [2.45, 2.75) is 43.5 Å². The first kappa shape index (κ1) is 23.4. The number of alkyl halides is 3. The van der Waals surface area contributed by atoms with Gasteiger partial charge in [0.05, 0.1) is 24.8 Å². The third-order valence-corrected chi connectivity index (χ3v) is 6.69. The molecular weight excluding hydrogens is 451 g/mol. The standard InChI is InChI=1S/C24H28F3N3O4/c25-24(26,27)34-18-8-6-16(7-9-18)14-28-20-19-15-32-23(33-19)21(22(20)31)30-12-10-29(11-13-30)17-4-2-1-3-5-17/h1-9,19-23,28,31H,10-15H2. The number of anilines is 1. The van der Waals surface area contributed by atoms with Gasteiger partial charge in [0.1, 0.15) is 11.9 Å². The summed E-state index contributed by atoms with van der Waals surface area (Å²) in [6, 6.07) is 15.3. The Morgan fingerprint density at radius 3 is 2.38 bits per heavy atom. The van der Waals surface area contributed by atoms with Crippen molar-refractivity contribution in [1.82, 2.24) is 10.2 Å². The number of hydrogen-bond donors (Lipinski definition) is 2. The van der Waals surface area contributed by atoms with Gasteiger partial charge < -0.3 is 29.5 Å². The summed E-state index contributed by atoms with van der Waals surface area (Å²) in [5, 5.41) is 14.6. The Hall–Kier alpha value is -2.37. The average Bonchev–Trinajstić information content (AvgIpc) is 3.25. The van der Waals surface area contributed by atoms with Gasteiger partial charge in [0.2, 0.25) is 0 Å². The monoisotopic (exact) mass is 479 g/mol. The Labute approximate surface area is 196 Å². The van der Waals surface area contributed by atoms with Crippen molar-refractivity contribution in [2.24, 2.45) is 0 Å². The van der Waals surface area contributed by atoms with Crippen LogP contribution in [-0.4, -0.2) is 79.7 Å². The summed E-state index contributed by atoms with van der Waals surface area (Å²) < 4.78 is 53.0. The highest BCUT2D eigenvalue weighted by Crippen LogP contribution is 2.32. The van der Waals surface area contributed by atoms with Crippen molar-refractivity contribution >= 4 is 5.69 Å². The Bertz CT molecular complexity index is 939. The highest BCUT2D eigenvalue weighted by Gasteiger charge is 2.52. The minimum atomic E-state index is -4.72. The largest absolute Gasteiger partial charge is 0.573 e. The van der Waals surface area contributed by atoms with Crippen molar-refractivity contribution in [3.05, 3.63) is 60.2 Å². The summed E-state index contributed by atoms with van der Waals surface area (Å²) >= 11 is 0. The van der Waals surface area contributed by atoms with E-state index in [0.29, 0.717) is 13.2 Å². The second-order valence-corrected chi connectivity index (χ2v) is 8.81. The zero-order valence-electron chi connectivity index (χ0n) is 18.5. The van der Waals surface area contributed by atoms with Crippen LogP contribution in [0, 0.1) is 0 Å². The summed E-state index contributed by atoms with van der Waals surface area (Å²) in [5.74, 6) is -0.265. The molecule has 5 unspecified atom stereocenters. The first-order valence-electron chi connectivity index (χ1n) is 11.4. The zero-order chi connectivity index (χ0) is 23.7. The number of aliphatic hydroxyl groups is 1. The fourth-order valence-corrected chi connectivity index (χ4v) is 5.00. The van der Waals surface area contributed by atoms with Crippen LogP contribution in [0.25, 0.3) is 0 Å². The molecule has 0 aliphatic carbocycles. The van der Waals surface area contributed by atoms with Gasteiger partial charge in [0.25, 0.3) is 0 Å². The maximum Gasteiger partial charge on any atom is 0.573 e. The molecule has 2 N–H and O–H groups in total. The van der Waals surface area contributed by atoms with E-state index in [2.05, 4.69) is 32.0 Å². The molecular formula is C24H28F3N3O4. The van der Waals surface area contributed by atoms with Gasteiger partial charge in [-0.3, -0.25) is 4.90 Å². The molecule has 0 aromatic heterocycles. The zero-order valence-corrected chi connectivity index (χ0v) is 18.5. The van der Waals surface area contributed by atoms with E-state index < -0.39 is 18.8 Å². The lowest BCUT2D eigenvalue weighted by Crippen LogP contribution is -2.66. The second-order valence-electron chi connectivity index (χ2n) is 8.81. The predicted molar refractivity (Wildman–Crippen MR) is 118 cm³/mol. The van der Waals surface area contributed by atoms with Crippen molar-refractivity contribution in [3.63, 3.8) is 0 Å². The van der Waals surface area contributed by atoms with Crippen LogP contribution in [0.15, 0.2) is 54.6 Å². The lowest BCUT2D eigenvalue weighted by molar-refractivity contribution is -0.274. The van der Waals surface area contributed by atoms with E-state index in [9.17, 15) is 18.3 Å². The molecule has 3 fully saturated rings. The van der Waals surface area contributed by atoms with E-state index in [1.165, 1.54) is 17.8 Å². The van der Waals surface area contributed by atoms with Crippen molar-refractivity contribution in [2.75, 3.05) is 37.7 Å². The van der Waals surface area contributed by atoms with Gasteiger partial charge in [-0.2, -0.15) is 0 Å². The number of ether oxygens (including phenoxy) is 3. The fraction of sp³-hybridized carbons (Fsp3) is 0.500. The van der Waals surface area contributed by atoms with Gasteiger partial charge in [-0.15, -0.1) is 13.2 Å². The van der Waals surface area contributed by atoms with Crippen LogP contribution in [0.5, 0.6) is 5.75 Å². The number of nitrogens with zero attached hydrogens (tertiary/aromatic N) is 2. The molecule has 3 aliphatic heterocycles. The SMILES string of the molecule is OC1C(NCc2ccc(OC(F)(F)F)cc2)C2COC(O2)C1N1CCN(c2ccccc2)CC1. The van der Waals surface area contributed by atoms with Gasteiger partial charge >= 0.3 is 6.36 Å². The molecule has 2 aromatic carbocycles. The number of aliphatic hydroxyl groups excluding tert-OH is 1. The highest BCUT2D eigenvalue weighted by molar-refractivity contribution is 5.46. The molecule has 5 rings (SSSR count). The lowest BCUT2D eigenvalue weighted by Gasteiger charge is -2.47. The third-order valence-electron chi connectivity index (χ3n) is 6.69. The second kappa shape index (κ2) is 9.71. The first-order chi connectivity index (χ1) is 16.4. The van der Waals surface area contributed by atoms with Crippen LogP contribution in [0.1, 0.15) is 5.56 Å². The summed E-state index contributed by atoms with van der Waals surface area (Å²) in [7, 11) is 0. The quantitative estimate of drug-likeness (QED) is 0.660. The van der Waals surface area contributed by atoms with Crippen LogP contribution >= 0.6 is 0 Å². The highest BCUT2D eigenvalue weighted by atomic mass is 19.4. The first-order valence-corrected chi connectivity index (χ1v) is 11.4. The number of benzene rings is 2. The molecule has 0 amide bonds. The molecule has 3 heterocycles. The summed E-state index contributed by atoms with van der Waals surface area (Å²) in [4.78, 5) is 4.56. The van der Waals surface area contributed by atoms with E-state index >= 15 is 0 Å². The molecule has 7 nitrogen and oxygen atoms in total. The summed E-state index contributed by atoms with van der Waals surface area (Å²) in [6.07, 6.45) is -6.18. The van der Waals surface area contributed by atoms with Gasteiger partial charge in [-0.1, -0.05) is 30.3 Å². The molecule has 3 aliphatic rings. The van der Waals surface area contributed by atoms with E-state index in [-0.39, 0.29) is 23.9 Å². The topological polar surface area (TPSA) is 66.4 Å². The molecule has 34 heavy (non-hydrogen) atoms. The van der Waals surface area contributed by atoms with Gasteiger partial charge in [-0.05, 0) is 29.8 Å². The maximum absolute atomic E-state index is 12.4. The Balaban J connectivity index is 1.19. The van der Waals surface area contributed by atoms with E-state index in [1.807, 2.05) is 18.2 Å². The molecule has 2 bridgehead atoms. The minimum Gasteiger partial charge on any atom is -0.406 e. The Morgan fingerprint density at radius 2 is 1.71 bits per heavy atom. The van der Waals surface area contributed by atoms with Crippen molar-refractivity contribution < 1.29 is 32.5 Å². The number of para-hydroxylation sites is 1. The van der Waals surface area contributed by atoms with Crippen LogP contribution in [-0.2, 0) is 16.0 Å². The summed E-state index contributed by atoms with van der Waals surface area (Å²) in [5.41, 5.74) is 1.96. The number of hydrogen-bond acceptors (Lipinski definition) is 7. The number of rotatable bonds is 6. The van der Waals surface area contributed by atoms with Crippen LogP contribution in [0.3, 0.4) is 0 Å². The minimum absolute atomic E-state index is 0.265. The normalized spacial score (nSPS) is 29.9. The molecule has 10 heteroatoms. The van der Waals surface area contributed by atoms with Crippen molar-refractivity contribution in [1.29, 1.82) is 0 Å². The third kappa shape index (κ3) is 5.16. The van der Waals surface area contributed by atoms with E-state index in [4.69, 9.17) is 9.47 Å². The smallest absolute Gasteiger partial charge is 0.406 e. The number of fused-ring (bicyclic) bond motifs is 2. The number of nitrogens with one attached hydrogen (secondary N) is 1. The molecule has 5 atom stereocenters. The molecule has 0 spiro atoms. The molecule has 0 radical (unpaired) electrons. The van der Waals surface area contributed by atoms with E-state index in [0.717, 1.165) is 31.7 Å². The lowest BCUT2D eigenvalue weighted by atomic mass is 9.94. The van der Waals surface area contributed by atoms with Crippen LogP contribution < -0.4 is 15.0 Å². The van der Waals surface area contributed by atoms with Gasteiger partial charge in [-0.25, -0.2) is 0 Å². The number of piperazine rings is 1. The van der Waals surface area contributed by atoms with Gasteiger partial charge in [0, 0.05) is 38.4 Å². The molecule has 184 valence electrons. The Morgan fingerprint density at radius 1 is 1.00 bits per heavy atom. The molecule has 2 aromatic rings. The predicted octanol–water partition coefficient (Wildman–Crippen LogP) is 2.35. The maximum atomic E-state index is 12.4. The Kier molecular flexibility index (Phi) is 6.67. The summed E-state index contributed by atoms with van der Waals surface area (Å²) in [6.45, 7) is 3.99. The van der Waals surface area contributed by atoms with E-state index in [1.54, 1.807) is 12.1 Å². The van der Waals surface area contributed by atoms with Crippen LogP contribution in [0.4, 0.5) is 18.9 Å². The van der Waals surface area contributed by atoms with Gasteiger partial charge in [0.15, 0.2) is 6.29 Å². The molecule has 3 saturated heterocycles. The van der Waals surface area contributed by atoms with Crippen LogP contribution in [0.2, 0.25) is 0 Å². The van der Waals surface area contributed by atoms with Crippen molar-refractivity contribution in [3.8, 4) is 5.75 Å². The average molecular weight is 479 g/mol. The fourth-order valence-electron chi connectivity index (χ4n) is 5.00.